The minimum Gasteiger partial charge on any atom is -0.489 e. The largest absolute Gasteiger partial charge is 0.489 e. The van der Waals surface area contributed by atoms with E-state index in [1.807, 2.05) is 59.5 Å². The van der Waals surface area contributed by atoms with Crippen LogP contribution >= 0.6 is 12.4 Å². The lowest BCUT2D eigenvalue weighted by Crippen LogP contribution is -2.52. The van der Waals surface area contributed by atoms with Crippen molar-refractivity contribution in [3.05, 3.63) is 65.7 Å². The first-order valence-corrected chi connectivity index (χ1v) is 8.02. The maximum Gasteiger partial charge on any atom is 0.254 e. The van der Waals surface area contributed by atoms with Gasteiger partial charge in [-0.3, -0.25) is 4.79 Å². The normalized spacial score (nSPS) is 17.0. The highest BCUT2D eigenvalue weighted by molar-refractivity contribution is 5.94. The number of carbonyl (C=O) groups is 1. The van der Waals surface area contributed by atoms with Crippen molar-refractivity contribution in [1.29, 1.82) is 0 Å². The molecule has 0 spiro atoms. The van der Waals surface area contributed by atoms with E-state index in [0.717, 1.165) is 36.5 Å². The zero-order valence-electron chi connectivity index (χ0n) is 13.8. The Morgan fingerprint density at radius 3 is 2.54 bits per heavy atom. The third kappa shape index (κ3) is 4.49. The van der Waals surface area contributed by atoms with E-state index in [9.17, 15) is 4.79 Å². The molecule has 2 aromatic carbocycles. The number of benzene rings is 2. The number of hydrogen-bond donors (Lipinski definition) is 1. The number of piperazine rings is 1. The van der Waals surface area contributed by atoms with Crippen LogP contribution in [-0.4, -0.2) is 36.5 Å². The molecule has 0 aliphatic carbocycles. The Balaban J connectivity index is 0.00000208. The Morgan fingerprint density at radius 2 is 1.88 bits per heavy atom. The Labute approximate surface area is 149 Å². The van der Waals surface area contributed by atoms with Crippen molar-refractivity contribution in [2.75, 3.05) is 19.6 Å². The molecule has 1 aliphatic rings. The molecule has 0 saturated carbocycles. The van der Waals surface area contributed by atoms with Gasteiger partial charge in [-0.2, -0.15) is 0 Å². The summed E-state index contributed by atoms with van der Waals surface area (Å²) in [5, 5.41) is 3.30. The SMILES string of the molecule is CC1CNCCN1C(=O)c1ccc(COc2ccccc2)cc1.Cl. The van der Waals surface area contributed by atoms with Gasteiger partial charge in [0.15, 0.2) is 0 Å². The second-order valence-corrected chi connectivity index (χ2v) is 5.85. The van der Waals surface area contributed by atoms with Gasteiger partial charge < -0.3 is 15.0 Å². The molecule has 128 valence electrons. The van der Waals surface area contributed by atoms with Crippen LogP contribution in [0.3, 0.4) is 0 Å². The second-order valence-electron chi connectivity index (χ2n) is 5.85. The predicted octanol–water partition coefficient (Wildman–Crippen LogP) is 3.12. The fourth-order valence-corrected chi connectivity index (χ4v) is 2.74. The molecule has 0 radical (unpaired) electrons. The average molecular weight is 347 g/mol. The van der Waals surface area contributed by atoms with E-state index in [4.69, 9.17) is 4.74 Å². The van der Waals surface area contributed by atoms with Gasteiger partial charge in [-0.1, -0.05) is 30.3 Å². The zero-order chi connectivity index (χ0) is 16.1. The van der Waals surface area contributed by atoms with E-state index in [0.29, 0.717) is 6.61 Å². The van der Waals surface area contributed by atoms with Crippen molar-refractivity contribution in [3.63, 3.8) is 0 Å². The number of amides is 1. The van der Waals surface area contributed by atoms with Crippen LogP contribution in [0.15, 0.2) is 54.6 Å². The Morgan fingerprint density at radius 1 is 1.17 bits per heavy atom. The van der Waals surface area contributed by atoms with Gasteiger partial charge in [-0.15, -0.1) is 12.4 Å². The van der Waals surface area contributed by atoms with Crippen LogP contribution in [-0.2, 0) is 6.61 Å². The summed E-state index contributed by atoms with van der Waals surface area (Å²) in [6.07, 6.45) is 0. The van der Waals surface area contributed by atoms with Gasteiger partial charge in [0.2, 0.25) is 0 Å². The molecule has 1 unspecified atom stereocenters. The first-order valence-electron chi connectivity index (χ1n) is 8.02. The van der Waals surface area contributed by atoms with Crippen molar-refractivity contribution in [3.8, 4) is 5.75 Å². The lowest BCUT2D eigenvalue weighted by atomic mass is 10.1. The van der Waals surface area contributed by atoms with E-state index >= 15 is 0 Å². The first-order chi connectivity index (χ1) is 11.2. The van der Waals surface area contributed by atoms with Crippen molar-refractivity contribution in [2.45, 2.75) is 19.6 Å². The minimum absolute atomic E-state index is 0. The van der Waals surface area contributed by atoms with Gasteiger partial charge in [-0.25, -0.2) is 0 Å². The standard InChI is InChI=1S/C19H22N2O2.ClH/c1-15-13-20-11-12-21(15)19(22)17-9-7-16(8-10-17)14-23-18-5-3-2-4-6-18;/h2-10,15,20H,11-14H2,1H3;1H. The van der Waals surface area contributed by atoms with Gasteiger partial charge in [0.05, 0.1) is 0 Å². The molecule has 24 heavy (non-hydrogen) atoms. The smallest absolute Gasteiger partial charge is 0.254 e. The molecule has 1 N–H and O–H groups in total. The molecule has 1 heterocycles. The number of para-hydroxylation sites is 1. The molecular weight excluding hydrogens is 324 g/mol. The van der Waals surface area contributed by atoms with Gasteiger partial charge in [0, 0.05) is 31.2 Å². The molecule has 4 nitrogen and oxygen atoms in total. The summed E-state index contributed by atoms with van der Waals surface area (Å²) in [5.74, 6) is 0.955. The van der Waals surface area contributed by atoms with Crippen molar-refractivity contribution in [1.82, 2.24) is 10.2 Å². The quantitative estimate of drug-likeness (QED) is 0.924. The first kappa shape index (κ1) is 18.3. The number of carbonyl (C=O) groups excluding carboxylic acids is 1. The number of rotatable bonds is 4. The summed E-state index contributed by atoms with van der Waals surface area (Å²) in [4.78, 5) is 14.5. The van der Waals surface area contributed by atoms with Crippen LogP contribution in [0.25, 0.3) is 0 Å². The number of nitrogens with one attached hydrogen (secondary N) is 1. The maximum atomic E-state index is 12.6. The Hall–Kier alpha value is -2.04. The van der Waals surface area contributed by atoms with Gasteiger partial charge >= 0.3 is 0 Å². The summed E-state index contributed by atoms with van der Waals surface area (Å²) in [5.41, 5.74) is 1.79. The van der Waals surface area contributed by atoms with Crippen LogP contribution in [0, 0.1) is 0 Å². The highest BCUT2D eigenvalue weighted by atomic mass is 35.5. The van der Waals surface area contributed by atoms with Gasteiger partial charge in [0.1, 0.15) is 12.4 Å². The lowest BCUT2D eigenvalue weighted by Gasteiger charge is -2.34. The number of nitrogens with zero attached hydrogens (tertiary/aromatic N) is 1. The number of ether oxygens (including phenoxy) is 1. The molecule has 1 fully saturated rings. The van der Waals surface area contributed by atoms with E-state index in [-0.39, 0.29) is 24.4 Å². The van der Waals surface area contributed by atoms with Crippen LogP contribution in [0.1, 0.15) is 22.8 Å². The molecule has 3 rings (SSSR count). The minimum atomic E-state index is 0. The monoisotopic (exact) mass is 346 g/mol. The molecule has 1 atom stereocenters. The molecule has 1 saturated heterocycles. The summed E-state index contributed by atoms with van der Waals surface area (Å²) >= 11 is 0. The summed E-state index contributed by atoms with van der Waals surface area (Å²) in [6.45, 7) is 5.06. The fourth-order valence-electron chi connectivity index (χ4n) is 2.74. The van der Waals surface area contributed by atoms with Gasteiger partial charge in [0.25, 0.3) is 5.91 Å². The highest BCUT2D eigenvalue weighted by Crippen LogP contribution is 2.14. The van der Waals surface area contributed by atoms with Crippen LogP contribution in [0.5, 0.6) is 5.75 Å². The van der Waals surface area contributed by atoms with Crippen LogP contribution in [0.2, 0.25) is 0 Å². The van der Waals surface area contributed by atoms with Crippen molar-refractivity contribution < 1.29 is 9.53 Å². The topological polar surface area (TPSA) is 41.6 Å². The summed E-state index contributed by atoms with van der Waals surface area (Å²) in [7, 11) is 0. The summed E-state index contributed by atoms with van der Waals surface area (Å²) in [6, 6.07) is 17.7. The van der Waals surface area contributed by atoms with Gasteiger partial charge in [-0.05, 0) is 36.8 Å². The third-order valence-corrected chi connectivity index (χ3v) is 4.11. The zero-order valence-corrected chi connectivity index (χ0v) is 14.6. The van der Waals surface area contributed by atoms with Crippen molar-refractivity contribution >= 4 is 18.3 Å². The highest BCUT2D eigenvalue weighted by Gasteiger charge is 2.23. The van der Waals surface area contributed by atoms with E-state index in [2.05, 4.69) is 12.2 Å². The molecule has 2 aromatic rings. The molecule has 5 heteroatoms. The maximum absolute atomic E-state index is 12.6. The average Bonchev–Trinajstić information content (AvgIpc) is 2.61. The second kappa shape index (κ2) is 8.71. The van der Waals surface area contributed by atoms with E-state index in [1.165, 1.54) is 0 Å². The lowest BCUT2D eigenvalue weighted by molar-refractivity contribution is 0.0655. The third-order valence-electron chi connectivity index (χ3n) is 4.11. The van der Waals surface area contributed by atoms with Crippen LogP contribution in [0.4, 0.5) is 0 Å². The van der Waals surface area contributed by atoms with Crippen LogP contribution < -0.4 is 10.1 Å². The molecule has 0 aromatic heterocycles. The molecule has 1 aliphatic heterocycles. The summed E-state index contributed by atoms with van der Waals surface area (Å²) < 4.78 is 5.72. The molecule has 0 bridgehead atoms. The predicted molar refractivity (Wildman–Crippen MR) is 97.8 cm³/mol. The van der Waals surface area contributed by atoms with Crippen molar-refractivity contribution in [2.24, 2.45) is 0 Å². The molecule has 1 amide bonds. The fraction of sp³-hybridized carbons (Fsp3) is 0.316. The Bertz CT molecular complexity index is 646. The molecular formula is C19H23ClN2O2. The number of halogens is 1. The van der Waals surface area contributed by atoms with E-state index in [1.54, 1.807) is 0 Å². The number of hydrogen-bond acceptors (Lipinski definition) is 3. The Kier molecular flexibility index (Phi) is 6.64. The van der Waals surface area contributed by atoms with E-state index < -0.39 is 0 Å².